The molecule has 0 N–H and O–H groups in total. The smallest absolute Gasteiger partial charge is 0.241 e. The number of amides is 1. The number of sulfonamides is 1. The first-order chi connectivity index (χ1) is 9.80. The second-order valence-electron chi connectivity index (χ2n) is 5.32. The second-order valence-corrected chi connectivity index (χ2v) is 7.66. The fourth-order valence-corrected chi connectivity index (χ4v) is 3.91. The lowest BCUT2D eigenvalue weighted by molar-refractivity contribution is -0.133. The van der Waals surface area contributed by atoms with E-state index in [0.29, 0.717) is 31.0 Å². The van der Waals surface area contributed by atoms with Crippen LogP contribution in [-0.2, 0) is 21.4 Å². The lowest BCUT2D eigenvalue weighted by atomic mass is 10.1. The molecule has 5 nitrogen and oxygen atoms in total. The minimum atomic E-state index is -3.35. The molecular weight excluding hydrogens is 312 g/mol. The molecule has 1 aliphatic rings. The Morgan fingerprint density at radius 3 is 2.71 bits per heavy atom. The van der Waals surface area contributed by atoms with Gasteiger partial charge in [-0.15, -0.1) is 0 Å². The van der Waals surface area contributed by atoms with Crippen LogP contribution in [0.4, 0.5) is 0 Å². The molecular formula is C14H19ClN2O3S. The SMILES string of the molecule is CN(Cc1ccccc1Cl)C(=O)C1CCCN1S(C)(=O)=O. The molecule has 1 amide bonds. The molecule has 1 fully saturated rings. The van der Waals surface area contributed by atoms with Crippen molar-refractivity contribution >= 4 is 27.5 Å². The Bertz CT molecular complexity index is 633. The van der Waals surface area contributed by atoms with E-state index >= 15 is 0 Å². The normalized spacial score (nSPS) is 19.7. The highest BCUT2D eigenvalue weighted by molar-refractivity contribution is 7.88. The summed E-state index contributed by atoms with van der Waals surface area (Å²) in [4.78, 5) is 14.0. The van der Waals surface area contributed by atoms with Crippen LogP contribution >= 0.6 is 11.6 Å². The van der Waals surface area contributed by atoms with E-state index in [9.17, 15) is 13.2 Å². The number of halogens is 1. The molecule has 0 bridgehead atoms. The average molecular weight is 331 g/mol. The number of hydrogen-bond donors (Lipinski definition) is 0. The summed E-state index contributed by atoms with van der Waals surface area (Å²) < 4.78 is 24.7. The average Bonchev–Trinajstić information content (AvgIpc) is 2.89. The molecule has 0 aliphatic carbocycles. The first-order valence-electron chi connectivity index (χ1n) is 6.76. The van der Waals surface area contributed by atoms with Crippen molar-refractivity contribution < 1.29 is 13.2 Å². The molecule has 0 radical (unpaired) electrons. The van der Waals surface area contributed by atoms with E-state index in [1.165, 1.54) is 9.21 Å². The van der Waals surface area contributed by atoms with Gasteiger partial charge >= 0.3 is 0 Å². The largest absolute Gasteiger partial charge is 0.340 e. The molecule has 0 spiro atoms. The number of carbonyl (C=O) groups excluding carboxylic acids is 1. The summed E-state index contributed by atoms with van der Waals surface area (Å²) >= 11 is 6.09. The lowest BCUT2D eigenvalue weighted by Gasteiger charge is -2.26. The summed E-state index contributed by atoms with van der Waals surface area (Å²) in [6, 6.07) is 6.73. The van der Waals surface area contributed by atoms with Crippen LogP contribution in [0, 0.1) is 0 Å². The standard InChI is InChI=1S/C14H19ClN2O3S/c1-16(10-11-6-3-4-7-12(11)15)14(18)13-8-5-9-17(13)21(2,19)20/h3-4,6-7,13H,5,8-10H2,1-2H3. The minimum Gasteiger partial charge on any atom is -0.340 e. The van der Waals surface area contributed by atoms with Crippen LogP contribution in [-0.4, -0.2) is 49.4 Å². The summed E-state index contributed by atoms with van der Waals surface area (Å²) in [5.41, 5.74) is 0.846. The Morgan fingerprint density at radius 2 is 2.10 bits per heavy atom. The van der Waals surface area contributed by atoms with Crippen molar-refractivity contribution in [3.05, 3.63) is 34.9 Å². The Labute approximate surface area is 130 Å². The number of likely N-dealkylation sites (N-methyl/N-ethyl adjacent to an activating group) is 1. The van der Waals surface area contributed by atoms with Crippen LogP contribution in [0.2, 0.25) is 5.02 Å². The fraction of sp³-hybridized carbons (Fsp3) is 0.500. The molecule has 0 saturated carbocycles. The third-order valence-electron chi connectivity index (χ3n) is 3.66. The highest BCUT2D eigenvalue weighted by atomic mass is 35.5. The van der Waals surface area contributed by atoms with Gasteiger partial charge < -0.3 is 4.90 Å². The highest BCUT2D eigenvalue weighted by Crippen LogP contribution is 2.23. The summed E-state index contributed by atoms with van der Waals surface area (Å²) in [6.45, 7) is 0.780. The molecule has 2 rings (SSSR count). The molecule has 1 aromatic rings. The maximum absolute atomic E-state index is 12.5. The van der Waals surface area contributed by atoms with E-state index in [1.54, 1.807) is 13.1 Å². The van der Waals surface area contributed by atoms with Gasteiger partial charge in [-0.05, 0) is 24.5 Å². The van der Waals surface area contributed by atoms with Gasteiger partial charge in [0.05, 0.1) is 6.26 Å². The molecule has 116 valence electrons. The molecule has 1 atom stereocenters. The van der Waals surface area contributed by atoms with Crippen molar-refractivity contribution in [2.24, 2.45) is 0 Å². The van der Waals surface area contributed by atoms with E-state index < -0.39 is 16.1 Å². The van der Waals surface area contributed by atoms with E-state index in [2.05, 4.69) is 0 Å². The molecule has 0 aromatic heterocycles. The fourth-order valence-electron chi connectivity index (χ4n) is 2.60. The van der Waals surface area contributed by atoms with Crippen LogP contribution < -0.4 is 0 Å². The Morgan fingerprint density at radius 1 is 1.43 bits per heavy atom. The van der Waals surface area contributed by atoms with Crippen LogP contribution in [0.15, 0.2) is 24.3 Å². The first-order valence-corrected chi connectivity index (χ1v) is 8.98. The van der Waals surface area contributed by atoms with Crippen molar-refractivity contribution in [3.63, 3.8) is 0 Å². The van der Waals surface area contributed by atoms with Gasteiger partial charge in [0.1, 0.15) is 6.04 Å². The van der Waals surface area contributed by atoms with Crippen LogP contribution in [0.5, 0.6) is 0 Å². The summed E-state index contributed by atoms with van der Waals surface area (Å²) in [7, 11) is -1.68. The molecule has 1 heterocycles. The Kier molecular flexibility index (Phi) is 4.91. The summed E-state index contributed by atoms with van der Waals surface area (Å²) in [5, 5.41) is 0.601. The van der Waals surface area contributed by atoms with Gasteiger partial charge in [-0.1, -0.05) is 29.8 Å². The van der Waals surface area contributed by atoms with E-state index in [0.717, 1.165) is 11.8 Å². The van der Waals surface area contributed by atoms with Gasteiger partial charge in [0.2, 0.25) is 15.9 Å². The number of hydrogen-bond acceptors (Lipinski definition) is 3. The van der Waals surface area contributed by atoms with Gasteiger partial charge in [-0.2, -0.15) is 4.31 Å². The van der Waals surface area contributed by atoms with E-state index in [4.69, 9.17) is 11.6 Å². The monoisotopic (exact) mass is 330 g/mol. The zero-order chi connectivity index (χ0) is 15.6. The number of rotatable bonds is 4. The molecule has 1 unspecified atom stereocenters. The van der Waals surface area contributed by atoms with Crippen LogP contribution in [0.1, 0.15) is 18.4 Å². The maximum atomic E-state index is 12.5. The third kappa shape index (κ3) is 3.75. The van der Waals surface area contributed by atoms with E-state index in [-0.39, 0.29) is 5.91 Å². The molecule has 7 heteroatoms. The van der Waals surface area contributed by atoms with Crippen molar-refractivity contribution in [3.8, 4) is 0 Å². The predicted molar refractivity (Wildman–Crippen MR) is 82.5 cm³/mol. The quantitative estimate of drug-likeness (QED) is 0.844. The number of carbonyl (C=O) groups is 1. The van der Waals surface area contributed by atoms with Crippen molar-refractivity contribution in [1.29, 1.82) is 0 Å². The first kappa shape index (κ1) is 16.3. The maximum Gasteiger partial charge on any atom is 0.241 e. The Balaban J connectivity index is 2.11. The van der Waals surface area contributed by atoms with Crippen molar-refractivity contribution in [1.82, 2.24) is 9.21 Å². The zero-order valence-electron chi connectivity index (χ0n) is 12.1. The van der Waals surface area contributed by atoms with E-state index in [1.807, 2.05) is 18.2 Å². The topological polar surface area (TPSA) is 57.7 Å². The zero-order valence-corrected chi connectivity index (χ0v) is 13.7. The molecule has 1 aliphatic heterocycles. The van der Waals surface area contributed by atoms with Gasteiger partial charge in [0.25, 0.3) is 0 Å². The minimum absolute atomic E-state index is 0.183. The van der Waals surface area contributed by atoms with Gasteiger partial charge in [0.15, 0.2) is 0 Å². The highest BCUT2D eigenvalue weighted by Gasteiger charge is 2.37. The molecule has 1 saturated heterocycles. The van der Waals surface area contributed by atoms with Crippen LogP contribution in [0.3, 0.4) is 0 Å². The lowest BCUT2D eigenvalue weighted by Crippen LogP contribution is -2.45. The number of benzene rings is 1. The Hall–Kier alpha value is -1.11. The predicted octanol–water partition coefficient (Wildman–Crippen LogP) is 1.72. The second kappa shape index (κ2) is 6.34. The van der Waals surface area contributed by atoms with Crippen molar-refractivity contribution in [2.45, 2.75) is 25.4 Å². The van der Waals surface area contributed by atoms with Gasteiger partial charge in [0, 0.05) is 25.2 Å². The van der Waals surface area contributed by atoms with Gasteiger partial charge in [-0.3, -0.25) is 4.79 Å². The third-order valence-corrected chi connectivity index (χ3v) is 5.31. The molecule has 1 aromatic carbocycles. The summed E-state index contributed by atoms with van der Waals surface area (Å²) in [6.07, 6.45) is 2.43. The van der Waals surface area contributed by atoms with Crippen LogP contribution in [0.25, 0.3) is 0 Å². The van der Waals surface area contributed by atoms with Crippen molar-refractivity contribution in [2.75, 3.05) is 19.8 Å². The number of nitrogens with zero attached hydrogens (tertiary/aromatic N) is 2. The van der Waals surface area contributed by atoms with Gasteiger partial charge in [-0.25, -0.2) is 8.42 Å². The summed E-state index contributed by atoms with van der Waals surface area (Å²) in [5.74, 6) is -0.183. The molecule has 21 heavy (non-hydrogen) atoms.